The average molecular weight is 255 g/mol. The van der Waals surface area contributed by atoms with Crippen LogP contribution in [0.25, 0.3) is 0 Å². The monoisotopic (exact) mass is 255 g/mol. The summed E-state index contributed by atoms with van der Waals surface area (Å²) < 4.78 is 1.20. The van der Waals surface area contributed by atoms with E-state index in [2.05, 4.69) is 55.6 Å². The Kier molecular flexibility index (Phi) is 5.72. The van der Waals surface area contributed by atoms with Crippen molar-refractivity contribution in [2.45, 2.75) is 39.8 Å². The maximum Gasteiger partial charge on any atom is 0.0182 e. The number of hydrogen-bond donors (Lipinski definition) is 1. The third-order valence-electron chi connectivity index (χ3n) is 1.52. The Balaban J connectivity index is 3.60. The minimum Gasteiger partial charge on any atom is -0.311 e. The predicted molar refractivity (Wildman–Crippen MR) is 55.8 cm³/mol. The fraction of sp³-hybridized carbons (Fsp3) is 1.00. The van der Waals surface area contributed by atoms with Crippen molar-refractivity contribution in [1.29, 1.82) is 0 Å². The van der Waals surface area contributed by atoms with E-state index in [9.17, 15) is 0 Å². The van der Waals surface area contributed by atoms with Crippen LogP contribution < -0.4 is 5.32 Å². The normalized spacial score (nSPS) is 14.7. The van der Waals surface area contributed by atoms with E-state index in [1.165, 1.54) is 4.43 Å². The molecule has 0 fully saturated rings. The van der Waals surface area contributed by atoms with E-state index in [1.54, 1.807) is 0 Å². The number of hydrogen-bond acceptors (Lipinski definition) is 1. The smallest absolute Gasteiger partial charge is 0.0182 e. The third kappa shape index (κ3) is 4.50. The highest BCUT2D eigenvalue weighted by atomic mass is 127. The minimum absolute atomic E-state index is 0.613. The highest BCUT2D eigenvalue weighted by Crippen LogP contribution is 2.05. The van der Waals surface area contributed by atoms with Crippen LogP contribution in [0.4, 0.5) is 0 Å². The molecule has 1 atom stereocenters. The highest BCUT2D eigenvalue weighted by molar-refractivity contribution is 14.1. The van der Waals surface area contributed by atoms with E-state index < -0.39 is 0 Å². The van der Waals surface area contributed by atoms with Gasteiger partial charge in [-0.25, -0.2) is 0 Å². The lowest BCUT2D eigenvalue weighted by molar-refractivity contribution is 0.405. The van der Waals surface area contributed by atoms with Gasteiger partial charge < -0.3 is 5.32 Å². The summed E-state index contributed by atoms with van der Waals surface area (Å²) in [4.78, 5) is 0. The molecule has 1 N–H and O–H groups in total. The summed E-state index contributed by atoms with van der Waals surface area (Å²) in [5.74, 6) is 0.749. The van der Waals surface area contributed by atoms with Gasteiger partial charge in [-0.05, 0) is 5.92 Å². The van der Waals surface area contributed by atoms with Crippen molar-refractivity contribution in [2.75, 3.05) is 4.43 Å². The predicted octanol–water partition coefficient (Wildman–Crippen LogP) is 2.44. The molecule has 0 heterocycles. The second-order valence-electron chi connectivity index (χ2n) is 3.33. The van der Waals surface area contributed by atoms with Gasteiger partial charge in [-0.15, -0.1) is 0 Å². The Bertz CT molecular complexity index is 81.3. The first kappa shape index (κ1) is 10.7. The SMILES string of the molecule is CC(C)NC(CI)C(C)C. The van der Waals surface area contributed by atoms with Gasteiger partial charge in [-0.3, -0.25) is 0 Å². The maximum absolute atomic E-state index is 3.52. The van der Waals surface area contributed by atoms with Crippen molar-refractivity contribution in [3.63, 3.8) is 0 Å². The molecule has 0 saturated heterocycles. The van der Waals surface area contributed by atoms with Gasteiger partial charge in [0, 0.05) is 16.5 Å². The van der Waals surface area contributed by atoms with E-state index in [0.29, 0.717) is 12.1 Å². The lowest BCUT2D eigenvalue weighted by Gasteiger charge is -2.22. The van der Waals surface area contributed by atoms with E-state index in [-0.39, 0.29) is 0 Å². The van der Waals surface area contributed by atoms with E-state index in [4.69, 9.17) is 0 Å². The third-order valence-corrected chi connectivity index (χ3v) is 2.47. The van der Waals surface area contributed by atoms with Crippen molar-refractivity contribution in [3.8, 4) is 0 Å². The fourth-order valence-electron chi connectivity index (χ4n) is 0.843. The zero-order valence-corrected chi connectivity index (χ0v) is 9.47. The maximum atomic E-state index is 3.52. The van der Waals surface area contributed by atoms with Crippen LogP contribution in [0.2, 0.25) is 0 Å². The second kappa shape index (κ2) is 5.35. The van der Waals surface area contributed by atoms with Gasteiger partial charge in [0.05, 0.1) is 0 Å². The van der Waals surface area contributed by atoms with Crippen LogP contribution in [-0.2, 0) is 0 Å². The zero-order valence-electron chi connectivity index (χ0n) is 7.32. The summed E-state index contributed by atoms with van der Waals surface area (Å²) in [5, 5.41) is 3.52. The summed E-state index contributed by atoms with van der Waals surface area (Å²) in [5.41, 5.74) is 0. The molecule has 0 aromatic carbocycles. The summed E-state index contributed by atoms with van der Waals surface area (Å²) in [6.07, 6.45) is 0. The van der Waals surface area contributed by atoms with E-state index in [1.807, 2.05) is 0 Å². The quantitative estimate of drug-likeness (QED) is 0.601. The van der Waals surface area contributed by atoms with Crippen molar-refractivity contribution in [3.05, 3.63) is 0 Å². The molecule has 0 radical (unpaired) electrons. The molecule has 2 heteroatoms. The molecule has 0 bridgehead atoms. The Morgan fingerprint density at radius 3 is 1.80 bits per heavy atom. The van der Waals surface area contributed by atoms with Gasteiger partial charge in [0.2, 0.25) is 0 Å². The molecule has 0 aromatic rings. The topological polar surface area (TPSA) is 12.0 Å². The van der Waals surface area contributed by atoms with Gasteiger partial charge in [0.15, 0.2) is 0 Å². The molecule has 0 rings (SSSR count). The highest BCUT2D eigenvalue weighted by Gasteiger charge is 2.11. The summed E-state index contributed by atoms with van der Waals surface area (Å²) in [7, 11) is 0. The van der Waals surface area contributed by atoms with Gasteiger partial charge >= 0.3 is 0 Å². The molecular weight excluding hydrogens is 237 g/mol. The lowest BCUT2D eigenvalue weighted by atomic mass is 10.1. The number of alkyl halides is 1. The van der Waals surface area contributed by atoms with Crippen molar-refractivity contribution >= 4 is 22.6 Å². The lowest BCUT2D eigenvalue weighted by Crippen LogP contribution is -2.39. The molecule has 1 unspecified atom stereocenters. The molecule has 0 spiro atoms. The standard InChI is InChI=1S/C8H18IN/c1-6(2)8(5-9)10-7(3)4/h6-8,10H,5H2,1-4H3. The van der Waals surface area contributed by atoms with Gasteiger partial charge in [0.1, 0.15) is 0 Å². The molecular formula is C8H18IN. The molecule has 62 valence electrons. The zero-order chi connectivity index (χ0) is 8.15. The van der Waals surface area contributed by atoms with Gasteiger partial charge in [-0.1, -0.05) is 50.3 Å². The largest absolute Gasteiger partial charge is 0.311 e. The summed E-state index contributed by atoms with van der Waals surface area (Å²) in [6.45, 7) is 8.92. The number of halogens is 1. The molecule has 0 saturated carbocycles. The van der Waals surface area contributed by atoms with Gasteiger partial charge in [-0.2, -0.15) is 0 Å². The van der Waals surface area contributed by atoms with Crippen molar-refractivity contribution in [2.24, 2.45) is 5.92 Å². The van der Waals surface area contributed by atoms with Gasteiger partial charge in [0.25, 0.3) is 0 Å². The number of nitrogens with one attached hydrogen (secondary N) is 1. The Morgan fingerprint density at radius 2 is 1.70 bits per heavy atom. The van der Waals surface area contributed by atoms with Crippen molar-refractivity contribution < 1.29 is 0 Å². The molecule has 1 nitrogen and oxygen atoms in total. The van der Waals surface area contributed by atoms with Crippen LogP contribution in [0.15, 0.2) is 0 Å². The summed E-state index contributed by atoms with van der Waals surface area (Å²) in [6, 6.07) is 1.29. The average Bonchev–Trinajstić information content (AvgIpc) is 1.81. The minimum atomic E-state index is 0.613. The molecule has 0 amide bonds. The first-order valence-electron chi connectivity index (χ1n) is 3.90. The van der Waals surface area contributed by atoms with Crippen LogP contribution in [0.5, 0.6) is 0 Å². The van der Waals surface area contributed by atoms with Crippen LogP contribution in [0, 0.1) is 5.92 Å². The fourth-order valence-corrected chi connectivity index (χ4v) is 2.11. The molecule has 0 aliphatic rings. The molecule has 0 aliphatic carbocycles. The molecule has 10 heavy (non-hydrogen) atoms. The summed E-state index contributed by atoms with van der Waals surface area (Å²) >= 11 is 2.44. The Morgan fingerprint density at radius 1 is 1.20 bits per heavy atom. The van der Waals surface area contributed by atoms with Crippen molar-refractivity contribution in [1.82, 2.24) is 5.32 Å². The molecule has 0 aliphatic heterocycles. The van der Waals surface area contributed by atoms with Crippen LogP contribution in [0.1, 0.15) is 27.7 Å². The van der Waals surface area contributed by atoms with E-state index in [0.717, 1.165) is 5.92 Å². The van der Waals surface area contributed by atoms with Crippen LogP contribution in [0.3, 0.4) is 0 Å². The second-order valence-corrected chi connectivity index (χ2v) is 4.21. The van der Waals surface area contributed by atoms with E-state index >= 15 is 0 Å². The first-order chi connectivity index (χ1) is 4.57. The number of rotatable bonds is 4. The Labute approximate surface area is 78.1 Å². The first-order valence-corrected chi connectivity index (χ1v) is 5.42. The van der Waals surface area contributed by atoms with Crippen LogP contribution >= 0.6 is 22.6 Å². The van der Waals surface area contributed by atoms with Crippen LogP contribution in [-0.4, -0.2) is 16.5 Å². The molecule has 0 aromatic heterocycles. The Hall–Kier alpha value is 0.690.